The van der Waals surface area contributed by atoms with Gasteiger partial charge in [-0.3, -0.25) is 4.79 Å². The molecule has 0 radical (unpaired) electrons. The molecule has 4 heteroatoms. The molecule has 0 aliphatic rings. The summed E-state index contributed by atoms with van der Waals surface area (Å²) >= 11 is 0. The van der Waals surface area contributed by atoms with E-state index in [1.54, 1.807) is 13.8 Å². The molecule has 4 N–H and O–H groups in total. The molecule has 0 spiro atoms. The smallest absolute Gasteiger partial charge is 0.320 e. The summed E-state index contributed by atoms with van der Waals surface area (Å²) in [4.78, 5) is 10.3. The second-order valence-corrected chi connectivity index (χ2v) is 3.00. The van der Waals surface area contributed by atoms with Crippen LogP contribution in [0.15, 0.2) is 0 Å². The number of carboxylic acids is 1. The molecule has 0 aliphatic carbocycles. The summed E-state index contributed by atoms with van der Waals surface area (Å²) in [6.45, 7) is 3.37. The standard InChI is InChI=1S/C7H15NO3/c1-3-7(2,11)4-5(8)6(9)10/h5,11H,3-4,8H2,1-2H3,(H,9,10)/t5-,7?/m1/s1. The first-order valence-corrected chi connectivity index (χ1v) is 3.60. The van der Waals surface area contributed by atoms with Crippen LogP contribution in [0, 0.1) is 0 Å². The van der Waals surface area contributed by atoms with Crippen molar-refractivity contribution in [3.05, 3.63) is 0 Å². The fourth-order valence-corrected chi connectivity index (χ4v) is 0.705. The van der Waals surface area contributed by atoms with Gasteiger partial charge in [-0.25, -0.2) is 0 Å². The molecule has 0 aliphatic heterocycles. The van der Waals surface area contributed by atoms with Crippen molar-refractivity contribution in [1.29, 1.82) is 0 Å². The van der Waals surface area contributed by atoms with Crippen molar-refractivity contribution in [2.75, 3.05) is 0 Å². The van der Waals surface area contributed by atoms with Gasteiger partial charge in [-0.05, 0) is 13.3 Å². The molecule has 66 valence electrons. The predicted octanol–water partition coefficient (Wildman–Crippen LogP) is -0.0506. The Morgan fingerprint density at radius 1 is 1.73 bits per heavy atom. The molecule has 0 heterocycles. The molecule has 0 amide bonds. The normalized spacial score (nSPS) is 18.9. The average Bonchev–Trinajstić information content (AvgIpc) is 1.87. The van der Waals surface area contributed by atoms with Gasteiger partial charge in [0.05, 0.1) is 5.60 Å². The largest absolute Gasteiger partial charge is 0.480 e. The third-order valence-corrected chi connectivity index (χ3v) is 1.74. The van der Waals surface area contributed by atoms with Crippen LogP contribution < -0.4 is 5.73 Å². The Hall–Kier alpha value is -0.610. The summed E-state index contributed by atoms with van der Waals surface area (Å²) in [5.41, 5.74) is 4.26. The molecule has 0 fully saturated rings. The van der Waals surface area contributed by atoms with Crippen molar-refractivity contribution in [1.82, 2.24) is 0 Å². The molecular formula is C7H15NO3. The van der Waals surface area contributed by atoms with E-state index in [0.29, 0.717) is 6.42 Å². The monoisotopic (exact) mass is 161 g/mol. The van der Waals surface area contributed by atoms with Gasteiger partial charge < -0.3 is 15.9 Å². The van der Waals surface area contributed by atoms with Crippen molar-refractivity contribution < 1.29 is 15.0 Å². The summed E-state index contributed by atoms with van der Waals surface area (Å²) in [5.74, 6) is -1.07. The van der Waals surface area contributed by atoms with Crippen LogP contribution in [0.2, 0.25) is 0 Å². The van der Waals surface area contributed by atoms with Crippen LogP contribution in [0.5, 0.6) is 0 Å². The zero-order valence-corrected chi connectivity index (χ0v) is 6.87. The van der Waals surface area contributed by atoms with Gasteiger partial charge in [0.1, 0.15) is 6.04 Å². The summed E-state index contributed by atoms with van der Waals surface area (Å²) in [6.07, 6.45) is 0.604. The Morgan fingerprint density at radius 3 is 2.45 bits per heavy atom. The van der Waals surface area contributed by atoms with E-state index in [4.69, 9.17) is 10.8 Å². The van der Waals surface area contributed by atoms with Crippen molar-refractivity contribution in [3.63, 3.8) is 0 Å². The number of carbonyl (C=O) groups is 1. The predicted molar refractivity (Wildman–Crippen MR) is 41.1 cm³/mol. The molecular weight excluding hydrogens is 146 g/mol. The molecule has 2 atom stereocenters. The zero-order chi connectivity index (χ0) is 9.07. The minimum absolute atomic E-state index is 0.0961. The van der Waals surface area contributed by atoms with Crippen molar-refractivity contribution in [3.8, 4) is 0 Å². The Balaban J connectivity index is 3.93. The maximum atomic E-state index is 10.3. The number of carboxylic acid groups (broad SMARTS) is 1. The minimum atomic E-state index is -1.07. The summed E-state index contributed by atoms with van der Waals surface area (Å²) < 4.78 is 0. The van der Waals surface area contributed by atoms with Gasteiger partial charge in [0.25, 0.3) is 0 Å². The SMILES string of the molecule is CCC(C)(O)C[C@@H](N)C(=O)O. The first-order valence-electron chi connectivity index (χ1n) is 3.60. The first-order chi connectivity index (χ1) is 4.89. The molecule has 0 aromatic carbocycles. The number of aliphatic hydroxyl groups is 1. The van der Waals surface area contributed by atoms with Gasteiger partial charge in [-0.1, -0.05) is 6.92 Å². The van der Waals surface area contributed by atoms with Gasteiger partial charge >= 0.3 is 5.97 Å². The zero-order valence-electron chi connectivity index (χ0n) is 6.87. The molecule has 0 rings (SSSR count). The van der Waals surface area contributed by atoms with Crippen molar-refractivity contribution in [2.45, 2.75) is 38.3 Å². The van der Waals surface area contributed by atoms with Gasteiger partial charge in [0, 0.05) is 6.42 Å². The number of hydrogen-bond acceptors (Lipinski definition) is 3. The van der Waals surface area contributed by atoms with Crippen LogP contribution in [-0.2, 0) is 4.79 Å². The molecule has 4 nitrogen and oxygen atoms in total. The summed E-state index contributed by atoms with van der Waals surface area (Å²) in [7, 11) is 0. The average molecular weight is 161 g/mol. The third-order valence-electron chi connectivity index (χ3n) is 1.74. The van der Waals surface area contributed by atoms with Gasteiger partial charge in [-0.15, -0.1) is 0 Å². The second-order valence-electron chi connectivity index (χ2n) is 3.00. The quantitative estimate of drug-likeness (QED) is 0.539. The highest BCUT2D eigenvalue weighted by Gasteiger charge is 2.24. The van der Waals surface area contributed by atoms with E-state index in [0.717, 1.165) is 0 Å². The lowest BCUT2D eigenvalue weighted by atomic mass is 9.95. The van der Waals surface area contributed by atoms with E-state index >= 15 is 0 Å². The fraction of sp³-hybridized carbons (Fsp3) is 0.857. The van der Waals surface area contributed by atoms with E-state index in [9.17, 15) is 9.90 Å². The van der Waals surface area contributed by atoms with E-state index in [1.807, 2.05) is 0 Å². The maximum absolute atomic E-state index is 10.3. The lowest BCUT2D eigenvalue weighted by molar-refractivity contribution is -0.140. The minimum Gasteiger partial charge on any atom is -0.480 e. The van der Waals surface area contributed by atoms with Crippen LogP contribution in [0.25, 0.3) is 0 Å². The van der Waals surface area contributed by atoms with Crippen molar-refractivity contribution in [2.24, 2.45) is 5.73 Å². The van der Waals surface area contributed by atoms with E-state index in [2.05, 4.69) is 0 Å². The number of rotatable bonds is 4. The molecule has 0 saturated carbocycles. The van der Waals surface area contributed by atoms with Gasteiger partial charge in [0.2, 0.25) is 0 Å². The molecule has 0 aromatic rings. The third kappa shape index (κ3) is 3.95. The number of nitrogens with two attached hydrogens (primary N) is 1. The van der Waals surface area contributed by atoms with Crippen LogP contribution in [0.4, 0.5) is 0 Å². The van der Waals surface area contributed by atoms with Crippen LogP contribution in [0.1, 0.15) is 26.7 Å². The summed E-state index contributed by atoms with van der Waals surface area (Å²) in [6, 6.07) is -0.968. The summed E-state index contributed by atoms with van der Waals surface area (Å²) in [5, 5.41) is 17.8. The highest BCUT2D eigenvalue weighted by Crippen LogP contribution is 2.14. The van der Waals surface area contributed by atoms with Crippen LogP contribution in [0.3, 0.4) is 0 Å². The van der Waals surface area contributed by atoms with E-state index in [1.165, 1.54) is 0 Å². The fourth-order valence-electron chi connectivity index (χ4n) is 0.705. The maximum Gasteiger partial charge on any atom is 0.320 e. The highest BCUT2D eigenvalue weighted by molar-refractivity contribution is 5.73. The topological polar surface area (TPSA) is 83.5 Å². The molecule has 0 aromatic heterocycles. The lowest BCUT2D eigenvalue weighted by Gasteiger charge is -2.22. The van der Waals surface area contributed by atoms with E-state index in [-0.39, 0.29) is 6.42 Å². The van der Waals surface area contributed by atoms with Crippen molar-refractivity contribution >= 4 is 5.97 Å². The first kappa shape index (κ1) is 10.4. The Bertz CT molecular complexity index is 145. The Morgan fingerprint density at radius 2 is 2.18 bits per heavy atom. The van der Waals surface area contributed by atoms with Gasteiger partial charge in [-0.2, -0.15) is 0 Å². The van der Waals surface area contributed by atoms with Gasteiger partial charge in [0.15, 0.2) is 0 Å². The highest BCUT2D eigenvalue weighted by atomic mass is 16.4. The number of hydrogen-bond donors (Lipinski definition) is 3. The number of aliphatic carboxylic acids is 1. The van der Waals surface area contributed by atoms with Crippen LogP contribution in [-0.4, -0.2) is 27.8 Å². The Labute approximate surface area is 66.0 Å². The van der Waals surface area contributed by atoms with E-state index < -0.39 is 17.6 Å². The molecule has 11 heavy (non-hydrogen) atoms. The molecule has 1 unspecified atom stereocenters. The Kier molecular flexibility index (Phi) is 3.48. The van der Waals surface area contributed by atoms with Crippen LogP contribution >= 0.6 is 0 Å². The molecule has 0 bridgehead atoms. The lowest BCUT2D eigenvalue weighted by Crippen LogP contribution is -2.39. The molecule has 0 saturated heterocycles. The second kappa shape index (κ2) is 3.69.